The summed E-state index contributed by atoms with van der Waals surface area (Å²) in [6, 6.07) is 16.1. The van der Waals surface area contributed by atoms with Crippen LogP contribution in [-0.4, -0.2) is 36.9 Å². The van der Waals surface area contributed by atoms with Gasteiger partial charge in [0.15, 0.2) is 0 Å². The molecule has 5 rings (SSSR count). The molecule has 1 aliphatic carbocycles. The number of nitrogens with two attached hydrogens (primary N) is 1. The summed E-state index contributed by atoms with van der Waals surface area (Å²) >= 11 is 1.73. The van der Waals surface area contributed by atoms with Crippen LogP contribution in [0, 0.1) is 11.3 Å². The lowest BCUT2D eigenvalue weighted by Crippen LogP contribution is -2.35. The van der Waals surface area contributed by atoms with Crippen LogP contribution in [0.5, 0.6) is 5.75 Å². The van der Waals surface area contributed by atoms with Crippen LogP contribution in [0.25, 0.3) is 5.70 Å². The van der Waals surface area contributed by atoms with Crippen LogP contribution < -0.4 is 15.8 Å². The average molecular weight is 487 g/mol. The normalized spacial score (nSPS) is 17.6. The second-order valence-electron chi connectivity index (χ2n) is 9.82. The van der Waals surface area contributed by atoms with Crippen LogP contribution >= 0.6 is 11.3 Å². The van der Waals surface area contributed by atoms with E-state index >= 15 is 0 Å². The molecule has 2 fully saturated rings. The number of likely N-dealkylation sites (tertiary alicyclic amines) is 1. The third-order valence-corrected chi connectivity index (χ3v) is 7.81. The van der Waals surface area contributed by atoms with E-state index in [1.165, 1.54) is 18.4 Å². The smallest absolute Gasteiger partial charge is 0.119 e. The Labute approximate surface area is 212 Å². The molecule has 1 saturated carbocycles. The number of ether oxygens (including phenoxy) is 1. The zero-order valence-electron chi connectivity index (χ0n) is 20.3. The minimum absolute atomic E-state index is 0.260. The van der Waals surface area contributed by atoms with Crippen molar-refractivity contribution in [3.63, 3.8) is 0 Å². The van der Waals surface area contributed by atoms with E-state index in [2.05, 4.69) is 40.7 Å². The molecule has 5 nitrogen and oxygen atoms in total. The SMILES string of the molecule is C=C(NC(c1ccsc1)C1CC1)c1ccc(N)c(C(=N)c2ccc(OC3CCN(C)CC3)cc2)c1. The average Bonchev–Trinajstić information content (AvgIpc) is 3.57. The van der Waals surface area contributed by atoms with Crippen molar-refractivity contribution < 1.29 is 4.74 Å². The quantitative estimate of drug-likeness (QED) is 0.259. The fourth-order valence-corrected chi connectivity index (χ4v) is 5.43. The van der Waals surface area contributed by atoms with E-state index in [9.17, 15) is 0 Å². The number of benzene rings is 2. The Morgan fingerprint density at radius 2 is 1.80 bits per heavy atom. The molecule has 2 aliphatic rings. The molecule has 3 aromatic rings. The Kier molecular flexibility index (Phi) is 6.93. The van der Waals surface area contributed by atoms with E-state index in [0.717, 1.165) is 48.5 Å². The number of hydrogen-bond donors (Lipinski definition) is 3. The number of nitrogen functional groups attached to an aromatic ring is 1. The van der Waals surface area contributed by atoms with Gasteiger partial charge in [-0.05, 0) is 103 Å². The number of rotatable bonds is 9. The summed E-state index contributed by atoms with van der Waals surface area (Å²) in [7, 11) is 2.15. The molecule has 0 amide bonds. The minimum Gasteiger partial charge on any atom is -0.490 e. The minimum atomic E-state index is 0.260. The molecule has 182 valence electrons. The van der Waals surface area contributed by atoms with Crippen molar-refractivity contribution in [2.45, 2.75) is 37.8 Å². The van der Waals surface area contributed by atoms with Gasteiger partial charge in [0.1, 0.15) is 11.9 Å². The van der Waals surface area contributed by atoms with Gasteiger partial charge in [-0.3, -0.25) is 5.41 Å². The fraction of sp³-hybridized carbons (Fsp3) is 0.345. The van der Waals surface area contributed by atoms with Gasteiger partial charge in [-0.15, -0.1) is 0 Å². The summed E-state index contributed by atoms with van der Waals surface area (Å²) in [5, 5.41) is 16.8. The van der Waals surface area contributed by atoms with Crippen molar-refractivity contribution in [3.05, 3.63) is 88.1 Å². The van der Waals surface area contributed by atoms with Crippen LogP contribution in [0.3, 0.4) is 0 Å². The first-order valence-electron chi connectivity index (χ1n) is 12.4. The highest BCUT2D eigenvalue weighted by Crippen LogP contribution is 2.42. The van der Waals surface area contributed by atoms with E-state index in [1.54, 1.807) is 11.3 Å². The summed E-state index contributed by atoms with van der Waals surface area (Å²) in [6.45, 7) is 6.46. The van der Waals surface area contributed by atoms with Gasteiger partial charge >= 0.3 is 0 Å². The number of nitrogens with one attached hydrogen (secondary N) is 2. The van der Waals surface area contributed by atoms with Gasteiger partial charge in [-0.25, -0.2) is 0 Å². The van der Waals surface area contributed by atoms with Gasteiger partial charge in [0, 0.05) is 35.6 Å². The Hall–Kier alpha value is -3.09. The largest absolute Gasteiger partial charge is 0.490 e. The summed E-state index contributed by atoms with van der Waals surface area (Å²) < 4.78 is 6.17. The number of thiophene rings is 1. The highest BCUT2D eigenvalue weighted by Gasteiger charge is 2.33. The lowest BCUT2D eigenvalue weighted by atomic mass is 9.97. The Balaban J connectivity index is 1.28. The zero-order chi connectivity index (χ0) is 24.4. The first-order valence-corrected chi connectivity index (χ1v) is 13.3. The molecule has 1 atom stereocenters. The van der Waals surface area contributed by atoms with Crippen LogP contribution in [-0.2, 0) is 0 Å². The van der Waals surface area contributed by atoms with E-state index < -0.39 is 0 Å². The third-order valence-electron chi connectivity index (χ3n) is 7.11. The number of piperidine rings is 1. The molecular weight excluding hydrogens is 452 g/mol. The van der Waals surface area contributed by atoms with E-state index in [1.807, 2.05) is 42.5 Å². The van der Waals surface area contributed by atoms with E-state index in [4.69, 9.17) is 15.9 Å². The summed E-state index contributed by atoms with van der Waals surface area (Å²) in [6.07, 6.45) is 4.84. The molecule has 1 saturated heterocycles. The predicted molar refractivity (Wildman–Crippen MR) is 146 cm³/mol. The Morgan fingerprint density at radius 3 is 2.46 bits per heavy atom. The molecule has 6 heteroatoms. The predicted octanol–water partition coefficient (Wildman–Crippen LogP) is 5.93. The van der Waals surface area contributed by atoms with Crippen molar-refractivity contribution in [2.75, 3.05) is 25.9 Å². The van der Waals surface area contributed by atoms with Crippen LogP contribution in [0.1, 0.15) is 54.0 Å². The lowest BCUT2D eigenvalue weighted by molar-refractivity contribution is 0.114. The number of hydrogen-bond acceptors (Lipinski definition) is 6. The molecule has 0 bridgehead atoms. The molecule has 1 aromatic heterocycles. The highest BCUT2D eigenvalue weighted by atomic mass is 32.1. The zero-order valence-corrected chi connectivity index (χ0v) is 21.1. The maximum Gasteiger partial charge on any atom is 0.119 e. The molecule has 2 aromatic carbocycles. The first-order chi connectivity index (χ1) is 17.0. The van der Waals surface area contributed by atoms with Crippen molar-refractivity contribution in [3.8, 4) is 5.75 Å². The Bertz CT molecular complexity index is 1180. The van der Waals surface area contributed by atoms with Gasteiger partial charge < -0.3 is 20.7 Å². The topological polar surface area (TPSA) is 74.4 Å². The summed E-state index contributed by atoms with van der Waals surface area (Å²) in [5.74, 6) is 1.51. The van der Waals surface area contributed by atoms with Gasteiger partial charge in [-0.1, -0.05) is 12.6 Å². The molecule has 4 N–H and O–H groups in total. The van der Waals surface area contributed by atoms with Gasteiger partial charge in [-0.2, -0.15) is 11.3 Å². The summed E-state index contributed by atoms with van der Waals surface area (Å²) in [4.78, 5) is 2.33. The molecule has 0 radical (unpaired) electrons. The monoisotopic (exact) mass is 486 g/mol. The van der Waals surface area contributed by atoms with Crippen molar-refractivity contribution in [2.24, 2.45) is 5.92 Å². The van der Waals surface area contributed by atoms with Crippen LogP contribution in [0.15, 0.2) is 65.9 Å². The molecule has 1 aliphatic heterocycles. The van der Waals surface area contributed by atoms with Crippen molar-refractivity contribution in [1.29, 1.82) is 5.41 Å². The molecular formula is C29H34N4OS. The molecule has 2 heterocycles. The van der Waals surface area contributed by atoms with Crippen molar-refractivity contribution >= 4 is 28.4 Å². The third kappa shape index (κ3) is 5.60. The van der Waals surface area contributed by atoms with Crippen LogP contribution in [0.4, 0.5) is 5.69 Å². The first kappa shape index (κ1) is 23.6. The van der Waals surface area contributed by atoms with Crippen molar-refractivity contribution in [1.82, 2.24) is 10.2 Å². The lowest BCUT2D eigenvalue weighted by Gasteiger charge is -2.29. The standard InChI is InChI=1S/C29H34N4OS/c1-19(32-29(21-3-4-21)23-13-16-35-18-23)22-7-10-27(30)26(17-22)28(31)20-5-8-24(9-6-20)34-25-11-14-33(2)15-12-25/h5-10,13,16-18,21,25,29,31-32H,1,3-4,11-12,14-15,30H2,2H3. The van der Waals surface area contributed by atoms with Crippen LogP contribution in [0.2, 0.25) is 0 Å². The van der Waals surface area contributed by atoms with E-state index in [0.29, 0.717) is 22.9 Å². The molecule has 0 spiro atoms. The second kappa shape index (κ2) is 10.3. The van der Waals surface area contributed by atoms with Gasteiger partial charge in [0.25, 0.3) is 0 Å². The number of nitrogens with zero attached hydrogens (tertiary/aromatic N) is 1. The summed E-state index contributed by atoms with van der Waals surface area (Å²) in [5.41, 5.74) is 12.0. The highest BCUT2D eigenvalue weighted by molar-refractivity contribution is 7.08. The van der Waals surface area contributed by atoms with E-state index in [-0.39, 0.29) is 12.1 Å². The molecule has 35 heavy (non-hydrogen) atoms. The van der Waals surface area contributed by atoms with Gasteiger partial charge in [0.2, 0.25) is 0 Å². The second-order valence-corrected chi connectivity index (χ2v) is 10.6. The maximum atomic E-state index is 8.85. The molecule has 1 unspecified atom stereocenters. The Morgan fingerprint density at radius 1 is 1.09 bits per heavy atom. The fourth-order valence-electron chi connectivity index (χ4n) is 4.74. The maximum absolute atomic E-state index is 8.85. The number of anilines is 1. The van der Waals surface area contributed by atoms with Gasteiger partial charge in [0.05, 0.1) is 11.8 Å².